The van der Waals surface area contributed by atoms with Gasteiger partial charge in [0, 0.05) is 29.5 Å². The molecule has 154 valence electrons. The van der Waals surface area contributed by atoms with Gasteiger partial charge >= 0.3 is 0 Å². The van der Waals surface area contributed by atoms with Gasteiger partial charge in [-0.2, -0.15) is 0 Å². The lowest BCUT2D eigenvalue weighted by Crippen LogP contribution is -2.57. The summed E-state index contributed by atoms with van der Waals surface area (Å²) in [6.45, 7) is 1.66. The summed E-state index contributed by atoms with van der Waals surface area (Å²) >= 11 is 3.75. The second kappa shape index (κ2) is 8.78. The molecule has 0 radical (unpaired) electrons. The van der Waals surface area contributed by atoms with Gasteiger partial charge in [0.1, 0.15) is 5.78 Å². The third-order valence-electron chi connectivity index (χ3n) is 7.08. The third-order valence-corrected chi connectivity index (χ3v) is 8.08. The molecule has 3 saturated heterocycles. The van der Waals surface area contributed by atoms with Gasteiger partial charge in [0.05, 0.1) is 25.9 Å². The van der Waals surface area contributed by atoms with Crippen LogP contribution in [0.3, 0.4) is 0 Å². The van der Waals surface area contributed by atoms with Crippen LogP contribution in [0.25, 0.3) is 0 Å². The number of halogens is 1. The van der Waals surface area contributed by atoms with Crippen LogP contribution < -0.4 is 0 Å². The maximum Gasteiger partial charge on any atom is 0.221 e. The Labute approximate surface area is 170 Å². The van der Waals surface area contributed by atoms with Crippen molar-refractivity contribution in [2.75, 3.05) is 25.2 Å². The number of ether oxygens (including phenoxy) is 4. The Bertz CT molecular complexity index is 521. The van der Waals surface area contributed by atoms with E-state index in [0.717, 1.165) is 25.7 Å². The summed E-state index contributed by atoms with van der Waals surface area (Å²) in [6, 6.07) is 0. The Morgan fingerprint density at radius 1 is 0.963 bits per heavy atom. The maximum absolute atomic E-state index is 13.6. The van der Waals surface area contributed by atoms with E-state index >= 15 is 0 Å². The molecule has 0 aromatic carbocycles. The van der Waals surface area contributed by atoms with Crippen LogP contribution in [0, 0.1) is 11.3 Å². The Balaban J connectivity index is 1.59. The van der Waals surface area contributed by atoms with Crippen molar-refractivity contribution in [2.24, 2.45) is 11.3 Å². The first-order valence-electron chi connectivity index (χ1n) is 10.8. The van der Waals surface area contributed by atoms with Crippen molar-refractivity contribution in [3.63, 3.8) is 0 Å². The standard InChI is InChI=1S/C21H33BrO5/c22-15-20(10-8-6-4-2-1-3-5-7-9-18(20)23)16-13-21(25-11-12-26-21)19-24-14-17(16)27-19/h16-17,19H,1-15H2/t16-,17+,19+,20-/m0/s1. The number of fused-ring (bicyclic) bond motifs is 3. The van der Waals surface area contributed by atoms with Crippen LogP contribution in [0.15, 0.2) is 0 Å². The van der Waals surface area contributed by atoms with Gasteiger partial charge in [0.25, 0.3) is 0 Å². The van der Waals surface area contributed by atoms with E-state index in [4.69, 9.17) is 18.9 Å². The minimum atomic E-state index is -0.823. The maximum atomic E-state index is 13.6. The van der Waals surface area contributed by atoms with Gasteiger partial charge in [0.2, 0.25) is 12.1 Å². The van der Waals surface area contributed by atoms with Crippen molar-refractivity contribution in [3.8, 4) is 0 Å². The van der Waals surface area contributed by atoms with Crippen LogP contribution in [-0.4, -0.2) is 49.1 Å². The lowest BCUT2D eigenvalue weighted by molar-refractivity contribution is -0.318. The summed E-state index contributed by atoms with van der Waals surface area (Å²) in [7, 11) is 0. The molecule has 3 aliphatic heterocycles. The fourth-order valence-electron chi connectivity index (χ4n) is 5.48. The molecule has 0 aromatic rings. The summed E-state index contributed by atoms with van der Waals surface area (Å²) in [5.74, 6) is -0.354. The molecule has 0 N–H and O–H groups in total. The molecule has 6 heteroatoms. The molecule has 2 bridgehead atoms. The zero-order chi connectivity index (χ0) is 18.7. The number of Topliss-reactive ketones (excluding diaryl/α,β-unsaturated/α-hetero) is 1. The fourth-order valence-corrected chi connectivity index (χ4v) is 6.49. The number of carbonyl (C=O) groups is 1. The fraction of sp³-hybridized carbons (Fsp3) is 0.952. The first-order chi connectivity index (χ1) is 13.2. The quantitative estimate of drug-likeness (QED) is 0.592. The van der Waals surface area contributed by atoms with E-state index in [1.54, 1.807) is 0 Å². The Morgan fingerprint density at radius 3 is 2.33 bits per heavy atom. The molecular weight excluding hydrogens is 412 g/mol. The monoisotopic (exact) mass is 444 g/mol. The highest BCUT2D eigenvalue weighted by Gasteiger charge is 2.62. The van der Waals surface area contributed by atoms with Gasteiger partial charge in [0.15, 0.2) is 0 Å². The smallest absolute Gasteiger partial charge is 0.221 e. The lowest BCUT2D eigenvalue weighted by atomic mass is 9.64. The number of hydrogen-bond donors (Lipinski definition) is 0. The second-order valence-electron chi connectivity index (χ2n) is 8.70. The molecule has 3 heterocycles. The van der Waals surface area contributed by atoms with Crippen LogP contribution in [0.2, 0.25) is 0 Å². The first kappa shape index (κ1) is 20.3. The van der Waals surface area contributed by atoms with Gasteiger partial charge in [-0.25, -0.2) is 0 Å². The molecule has 4 atom stereocenters. The van der Waals surface area contributed by atoms with E-state index in [-0.39, 0.29) is 12.0 Å². The normalized spacial score (nSPS) is 40.6. The zero-order valence-corrected chi connectivity index (χ0v) is 17.8. The average molecular weight is 445 g/mol. The molecule has 4 rings (SSSR count). The van der Waals surface area contributed by atoms with Crippen molar-refractivity contribution in [1.82, 2.24) is 0 Å². The summed E-state index contributed by atoms with van der Waals surface area (Å²) in [4.78, 5) is 13.6. The predicted molar refractivity (Wildman–Crippen MR) is 105 cm³/mol. The van der Waals surface area contributed by atoms with Crippen molar-refractivity contribution in [2.45, 2.75) is 88.8 Å². The van der Waals surface area contributed by atoms with Crippen LogP contribution in [0.1, 0.15) is 70.6 Å². The van der Waals surface area contributed by atoms with Gasteiger partial charge < -0.3 is 18.9 Å². The molecular formula is C21H33BrO5. The number of ketones is 1. The van der Waals surface area contributed by atoms with Crippen LogP contribution in [0.4, 0.5) is 0 Å². The van der Waals surface area contributed by atoms with E-state index in [9.17, 15) is 4.79 Å². The van der Waals surface area contributed by atoms with Gasteiger partial charge in [-0.3, -0.25) is 4.79 Å². The van der Waals surface area contributed by atoms with Gasteiger partial charge in [-0.1, -0.05) is 60.9 Å². The number of hydrogen-bond acceptors (Lipinski definition) is 5. The molecule has 4 fully saturated rings. The highest BCUT2D eigenvalue weighted by molar-refractivity contribution is 9.09. The Kier molecular flexibility index (Phi) is 6.59. The molecule has 5 nitrogen and oxygen atoms in total. The minimum absolute atomic E-state index is 0.0390. The van der Waals surface area contributed by atoms with E-state index < -0.39 is 17.5 Å². The highest BCUT2D eigenvalue weighted by Crippen LogP contribution is 2.52. The zero-order valence-electron chi connectivity index (χ0n) is 16.3. The summed E-state index contributed by atoms with van der Waals surface area (Å²) in [6.07, 6.45) is 11.4. The molecule has 0 unspecified atom stereocenters. The van der Waals surface area contributed by atoms with E-state index in [2.05, 4.69) is 15.9 Å². The minimum Gasteiger partial charge on any atom is -0.345 e. The molecule has 4 aliphatic rings. The van der Waals surface area contributed by atoms with E-state index in [1.165, 1.54) is 32.1 Å². The Morgan fingerprint density at radius 2 is 1.63 bits per heavy atom. The molecule has 0 aromatic heterocycles. The summed E-state index contributed by atoms with van der Waals surface area (Å²) in [5.41, 5.74) is -0.412. The van der Waals surface area contributed by atoms with Crippen molar-refractivity contribution >= 4 is 21.7 Å². The van der Waals surface area contributed by atoms with E-state index in [0.29, 0.717) is 43.8 Å². The number of rotatable bonds is 2. The second-order valence-corrected chi connectivity index (χ2v) is 9.26. The molecule has 1 spiro atoms. The molecule has 0 amide bonds. The SMILES string of the molecule is O=C1CCCCCCCCCC[C@]1(CBr)[C@H]1CC2(OCCO2)[C@@H]2OC[C@H]1O2. The number of carbonyl (C=O) groups excluding carboxylic acids is 1. The van der Waals surface area contributed by atoms with Gasteiger partial charge in [-0.05, 0) is 12.8 Å². The van der Waals surface area contributed by atoms with Crippen molar-refractivity contribution < 1.29 is 23.7 Å². The summed E-state index contributed by atoms with van der Waals surface area (Å²) < 4.78 is 24.1. The first-order valence-corrected chi connectivity index (χ1v) is 12.0. The van der Waals surface area contributed by atoms with Gasteiger partial charge in [-0.15, -0.1) is 0 Å². The van der Waals surface area contributed by atoms with Crippen molar-refractivity contribution in [1.29, 1.82) is 0 Å². The van der Waals surface area contributed by atoms with E-state index in [1.807, 2.05) is 0 Å². The molecule has 1 aliphatic carbocycles. The summed E-state index contributed by atoms with van der Waals surface area (Å²) in [5, 5.41) is 0.685. The molecule has 27 heavy (non-hydrogen) atoms. The topological polar surface area (TPSA) is 54.0 Å². The molecule has 1 saturated carbocycles. The largest absolute Gasteiger partial charge is 0.345 e. The Hall–Kier alpha value is -0.0100. The predicted octanol–water partition coefficient (Wildman–Crippen LogP) is 4.36. The average Bonchev–Trinajstić information content (AvgIpc) is 3.31. The van der Waals surface area contributed by atoms with Crippen LogP contribution >= 0.6 is 15.9 Å². The van der Waals surface area contributed by atoms with Crippen molar-refractivity contribution in [3.05, 3.63) is 0 Å². The van der Waals surface area contributed by atoms with Crippen LogP contribution in [-0.2, 0) is 23.7 Å². The lowest BCUT2D eigenvalue weighted by Gasteiger charge is -2.47. The third kappa shape index (κ3) is 3.89. The van der Waals surface area contributed by atoms with Crippen LogP contribution in [0.5, 0.6) is 0 Å². The number of alkyl halides is 1. The highest BCUT2D eigenvalue weighted by atomic mass is 79.9.